The highest BCUT2D eigenvalue weighted by Crippen LogP contribution is 2.47. The van der Waals surface area contributed by atoms with E-state index in [0.717, 1.165) is 50.7 Å². The van der Waals surface area contributed by atoms with Crippen LogP contribution in [0.15, 0.2) is 72.8 Å². The van der Waals surface area contributed by atoms with Gasteiger partial charge in [0.1, 0.15) is 0 Å². The Kier molecular flexibility index (Phi) is 15.7. The van der Waals surface area contributed by atoms with Crippen molar-refractivity contribution in [1.82, 2.24) is 0 Å². The van der Waals surface area contributed by atoms with Crippen LogP contribution in [0.25, 0.3) is 0 Å². The van der Waals surface area contributed by atoms with Crippen LogP contribution < -0.4 is 0 Å². The average Bonchev–Trinajstić information content (AvgIpc) is 3.73. The molecule has 0 bridgehead atoms. The topological polar surface area (TPSA) is 27.7 Å². The number of ether oxygens (including phenoxy) is 2. The van der Waals surface area contributed by atoms with Gasteiger partial charge < -0.3 is 13.9 Å². The molecule has 0 spiro atoms. The molecule has 0 aliphatic heterocycles. The third-order valence-corrected chi connectivity index (χ3v) is 14.1. The molecule has 0 saturated heterocycles. The lowest BCUT2D eigenvalue weighted by molar-refractivity contribution is -0.0508. The zero-order valence-corrected chi connectivity index (χ0v) is 29.4. The van der Waals surface area contributed by atoms with Crippen LogP contribution in [0.5, 0.6) is 0 Å². The van der Waals surface area contributed by atoms with Gasteiger partial charge in [-0.05, 0) is 79.6 Å². The first kappa shape index (κ1) is 35.8. The van der Waals surface area contributed by atoms with E-state index in [2.05, 4.69) is 114 Å². The van der Waals surface area contributed by atoms with E-state index in [0.29, 0.717) is 6.61 Å². The van der Waals surface area contributed by atoms with Crippen LogP contribution >= 0.6 is 0 Å². The summed E-state index contributed by atoms with van der Waals surface area (Å²) < 4.78 is 19.9. The van der Waals surface area contributed by atoms with Crippen LogP contribution in [0.3, 0.4) is 0 Å². The Balaban J connectivity index is 1.51. The lowest BCUT2D eigenvalue weighted by Gasteiger charge is -2.41. The second-order valence-corrected chi connectivity index (χ2v) is 19.1. The highest BCUT2D eigenvalue weighted by Gasteiger charge is 2.43. The fourth-order valence-electron chi connectivity index (χ4n) is 5.63. The predicted octanol–water partition coefficient (Wildman–Crippen LogP) is 11.3. The Morgan fingerprint density at radius 3 is 2.00 bits per heavy atom. The molecule has 4 atom stereocenters. The average molecular weight is 607 g/mol. The molecule has 3 rings (SSSR count). The molecule has 1 aliphatic rings. The third-order valence-electron chi connectivity index (χ3n) is 9.56. The first-order chi connectivity index (χ1) is 20.7. The van der Waals surface area contributed by atoms with Gasteiger partial charge in [-0.15, -0.1) is 0 Å². The van der Waals surface area contributed by atoms with Gasteiger partial charge in [-0.1, -0.05) is 133 Å². The molecule has 1 saturated carbocycles. The van der Waals surface area contributed by atoms with Crippen molar-refractivity contribution in [2.45, 2.75) is 142 Å². The number of benzene rings is 2. The lowest BCUT2D eigenvalue weighted by Crippen LogP contribution is -2.47. The minimum atomic E-state index is -1.94. The number of hydrogen-bond acceptors (Lipinski definition) is 3. The standard InChI is InChI=1S/C39H62O3Si/c1-7-8-15-26-35-29-36(35)30-38(41-32-34-24-18-14-19-25-34)37(42-43(5,6)39(2,3)4)27-20-11-9-10-12-21-28-40-31-33-22-16-13-17-23-33/h8,13-19,22-25,35-38H,7,9-12,20-21,26-32H2,1-6H3/t35-,36-,37+,38-/m0/s1. The summed E-state index contributed by atoms with van der Waals surface area (Å²) in [7, 11) is -1.94. The number of unbranched alkanes of at least 4 members (excludes halogenated alkanes) is 5. The third kappa shape index (κ3) is 13.8. The quantitative estimate of drug-likeness (QED) is 0.0758. The van der Waals surface area contributed by atoms with E-state index in [4.69, 9.17) is 13.9 Å². The molecule has 0 radical (unpaired) electrons. The molecule has 2 aromatic carbocycles. The van der Waals surface area contributed by atoms with Crippen molar-refractivity contribution in [2.24, 2.45) is 11.8 Å². The minimum absolute atomic E-state index is 0.154. The van der Waals surface area contributed by atoms with E-state index < -0.39 is 8.32 Å². The first-order valence-corrected chi connectivity index (χ1v) is 20.2. The Bertz CT molecular complexity index is 1010. The SMILES string of the molecule is CCC=CC[C@H]1C[C@H]1C[C@H](OCc1ccccc1)[C@@H](CCCCCCCCOCc1ccccc1)O[Si](C)(C)C(C)(C)C. The van der Waals surface area contributed by atoms with E-state index in [1.165, 1.54) is 56.1 Å². The fourth-order valence-corrected chi connectivity index (χ4v) is 7.01. The summed E-state index contributed by atoms with van der Waals surface area (Å²) in [5, 5.41) is 0.185. The summed E-state index contributed by atoms with van der Waals surface area (Å²) in [4.78, 5) is 0. The molecule has 2 aromatic rings. The van der Waals surface area contributed by atoms with Crippen molar-refractivity contribution in [3.63, 3.8) is 0 Å². The van der Waals surface area contributed by atoms with Gasteiger partial charge in [0, 0.05) is 6.61 Å². The minimum Gasteiger partial charge on any atom is -0.411 e. The van der Waals surface area contributed by atoms with E-state index in [-0.39, 0.29) is 17.2 Å². The fraction of sp³-hybridized carbons (Fsp3) is 0.641. The first-order valence-electron chi connectivity index (χ1n) is 17.3. The Morgan fingerprint density at radius 1 is 0.767 bits per heavy atom. The van der Waals surface area contributed by atoms with Crippen LogP contribution in [-0.4, -0.2) is 27.1 Å². The molecule has 0 amide bonds. The number of allylic oxidation sites excluding steroid dienone is 2. The summed E-state index contributed by atoms with van der Waals surface area (Å²) in [6, 6.07) is 21.2. The maximum Gasteiger partial charge on any atom is 0.192 e. The van der Waals surface area contributed by atoms with Gasteiger partial charge in [0.25, 0.3) is 0 Å². The summed E-state index contributed by atoms with van der Waals surface area (Å²) >= 11 is 0. The normalized spacial score (nSPS) is 18.7. The smallest absolute Gasteiger partial charge is 0.192 e. The van der Waals surface area contributed by atoms with Gasteiger partial charge in [0.2, 0.25) is 0 Å². The zero-order valence-electron chi connectivity index (χ0n) is 28.4. The van der Waals surface area contributed by atoms with E-state index in [1.807, 2.05) is 0 Å². The molecule has 0 unspecified atom stereocenters. The molecule has 0 heterocycles. The van der Waals surface area contributed by atoms with Gasteiger partial charge in [0.15, 0.2) is 8.32 Å². The highest BCUT2D eigenvalue weighted by atomic mass is 28.4. The van der Waals surface area contributed by atoms with E-state index >= 15 is 0 Å². The monoisotopic (exact) mass is 606 g/mol. The Morgan fingerprint density at radius 2 is 1.37 bits per heavy atom. The van der Waals surface area contributed by atoms with Gasteiger partial charge in [-0.25, -0.2) is 0 Å². The molecular formula is C39H62O3Si. The molecule has 3 nitrogen and oxygen atoms in total. The second-order valence-electron chi connectivity index (χ2n) is 14.3. The van der Waals surface area contributed by atoms with Crippen molar-refractivity contribution in [3.05, 3.63) is 83.9 Å². The summed E-state index contributed by atoms with van der Waals surface area (Å²) in [6.45, 7) is 16.4. The molecule has 240 valence electrons. The van der Waals surface area contributed by atoms with Crippen molar-refractivity contribution < 1.29 is 13.9 Å². The van der Waals surface area contributed by atoms with Crippen molar-refractivity contribution in [1.29, 1.82) is 0 Å². The van der Waals surface area contributed by atoms with Gasteiger partial charge >= 0.3 is 0 Å². The van der Waals surface area contributed by atoms with Crippen LogP contribution in [0.2, 0.25) is 18.1 Å². The number of hydrogen-bond donors (Lipinski definition) is 0. The van der Waals surface area contributed by atoms with Crippen molar-refractivity contribution in [3.8, 4) is 0 Å². The summed E-state index contributed by atoms with van der Waals surface area (Å²) in [6.07, 6.45) is 18.4. The van der Waals surface area contributed by atoms with Crippen molar-refractivity contribution in [2.75, 3.05) is 6.61 Å². The molecule has 0 N–H and O–H groups in total. The van der Waals surface area contributed by atoms with Gasteiger partial charge in [0.05, 0.1) is 25.4 Å². The predicted molar refractivity (Wildman–Crippen MR) is 186 cm³/mol. The molecule has 0 aromatic heterocycles. The summed E-state index contributed by atoms with van der Waals surface area (Å²) in [5.41, 5.74) is 2.51. The van der Waals surface area contributed by atoms with Crippen LogP contribution in [0.4, 0.5) is 0 Å². The Hall–Kier alpha value is -1.72. The highest BCUT2D eigenvalue weighted by molar-refractivity contribution is 6.74. The maximum atomic E-state index is 7.21. The molecule has 1 fully saturated rings. The summed E-state index contributed by atoms with van der Waals surface area (Å²) in [5.74, 6) is 1.58. The Labute approximate surface area is 265 Å². The number of rotatable bonds is 22. The zero-order chi connectivity index (χ0) is 31.0. The van der Waals surface area contributed by atoms with E-state index in [1.54, 1.807) is 0 Å². The molecular weight excluding hydrogens is 545 g/mol. The van der Waals surface area contributed by atoms with Crippen LogP contribution in [0.1, 0.15) is 109 Å². The van der Waals surface area contributed by atoms with Gasteiger partial charge in [-0.3, -0.25) is 0 Å². The molecule has 4 heteroatoms. The second kappa shape index (κ2) is 18.9. The van der Waals surface area contributed by atoms with Crippen LogP contribution in [0, 0.1) is 11.8 Å². The van der Waals surface area contributed by atoms with Gasteiger partial charge in [-0.2, -0.15) is 0 Å². The lowest BCUT2D eigenvalue weighted by atomic mass is 9.99. The van der Waals surface area contributed by atoms with E-state index in [9.17, 15) is 0 Å². The molecule has 1 aliphatic carbocycles. The molecule has 43 heavy (non-hydrogen) atoms. The van der Waals surface area contributed by atoms with Crippen molar-refractivity contribution >= 4 is 8.32 Å². The largest absolute Gasteiger partial charge is 0.411 e. The maximum absolute atomic E-state index is 7.21. The van der Waals surface area contributed by atoms with Crippen LogP contribution in [-0.2, 0) is 27.1 Å².